The first-order valence-electron chi connectivity index (χ1n) is 6.97. The molecule has 110 valence electrons. The van der Waals surface area contributed by atoms with E-state index in [2.05, 4.69) is 28.8 Å². The summed E-state index contributed by atoms with van der Waals surface area (Å²) in [7, 11) is 4.15. The highest BCUT2D eigenvalue weighted by Crippen LogP contribution is 2.21. The van der Waals surface area contributed by atoms with E-state index in [1.54, 1.807) is 6.07 Å². The zero-order valence-corrected chi connectivity index (χ0v) is 12.2. The zero-order valence-electron chi connectivity index (χ0n) is 12.2. The van der Waals surface area contributed by atoms with E-state index < -0.39 is 0 Å². The van der Waals surface area contributed by atoms with E-state index in [1.807, 2.05) is 0 Å². The summed E-state index contributed by atoms with van der Waals surface area (Å²) in [5.74, 6) is -0.361. The van der Waals surface area contributed by atoms with Crippen molar-refractivity contribution in [1.29, 1.82) is 0 Å². The lowest BCUT2D eigenvalue weighted by molar-refractivity contribution is 0.112. The summed E-state index contributed by atoms with van der Waals surface area (Å²) in [5.41, 5.74) is 1.28. The summed E-state index contributed by atoms with van der Waals surface area (Å²) in [6.07, 6.45) is 0.733. The first-order valence-corrected chi connectivity index (χ1v) is 6.97. The predicted octanol–water partition coefficient (Wildman–Crippen LogP) is 1.32. The highest BCUT2D eigenvalue weighted by molar-refractivity contribution is 5.84. The molecule has 5 heteroatoms. The molecule has 1 aromatic rings. The number of anilines is 1. The maximum Gasteiger partial charge on any atom is 0.152 e. The molecule has 20 heavy (non-hydrogen) atoms. The van der Waals surface area contributed by atoms with Crippen LogP contribution in [0, 0.1) is 5.82 Å². The number of benzene rings is 1. The molecule has 0 unspecified atom stereocenters. The highest BCUT2D eigenvalue weighted by Gasteiger charge is 2.19. The number of hydrogen-bond acceptors (Lipinski definition) is 4. The van der Waals surface area contributed by atoms with Gasteiger partial charge < -0.3 is 9.80 Å². The molecule has 1 fully saturated rings. The molecule has 0 amide bonds. The lowest BCUT2D eigenvalue weighted by Crippen LogP contribution is -2.48. The average Bonchev–Trinajstić information content (AvgIpc) is 2.45. The zero-order chi connectivity index (χ0) is 14.5. The second-order valence-electron chi connectivity index (χ2n) is 5.45. The molecule has 0 spiro atoms. The Morgan fingerprint density at radius 3 is 2.55 bits per heavy atom. The van der Waals surface area contributed by atoms with Gasteiger partial charge in [-0.25, -0.2) is 4.39 Å². The van der Waals surface area contributed by atoms with Crippen LogP contribution in [0.15, 0.2) is 18.2 Å². The van der Waals surface area contributed by atoms with Crippen molar-refractivity contribution in [1.82, 2.24) is 9.80 Å². The maximum atomic E-state index is 13.1. The lowest BCUT2D eigenvalue weighted by Gasteiger charge is -2.37. The van der Waals surface area contributed by atoms with Crippen LogP contribution >= 0.6 is 0 Å². The Bertz CT molecular complexity index is 456. The third-order valence-corrected chi connectivity index (χ3v) is 3.69. The minimum Gasteiger partial charge on any atom is -0.368 e. The molecule has 0 aromatic heterocycles. The van der Waals surface area contributed by atoms with E-state index in [4.69, 9.17) is 0 Å². The van der Waals surface area contributed by atoms with Gasteiger partial charge in [-0.15, -0.1) is 0 Å². The highest BCUT2D eigenvalue weighted by atomic mass is 19.1. The van der Waals surface area contributed by atoms with Crippen LogP contribution in [-0.2, 0) is 0 Å². The third-order valence-electron chi connectivity index (χ3n) is 3.69. The lowest BCUT2D eigenvalue weighted by atomic mass is 10.1. The smallest absolute Gasteiger partial charge is 0.152 e. The predicted molar refractivity (Wildman–Crippen MR) is 79.0 cm³/mol. The summed E-state index contributed by atoms with van der Waals surface area (Å²) >= 11 is 0. The van der Waals surface area contributed by atoms with E-state index in [9.17, 15) is 9.18 Å². The maximum absolute atomic E-state index is 13.1. The van der Waals surface area contributed by atoms with E-state index in [-0.39, 0.29) is 5.82 Å². The van der Waals surface area contributed by atoms with E-state index in [0.717, 1.165) is 51.2 Å². The fourth-order valence-electron chi connectivity index (χ4n) is 2.46. The summed E-state index contributed by atoms with van der Waals surface area (Å²) in [6, 6.07) is 4.43. The number of rotatable bonds is 5. The fraction of sp³-hybridized carbons (Fsp3) is 0.533. The van der Waals surface area contributed by atoms with Crippen LogP contribution in [0.4, 0.5) is 10.1 Å². The second kappa shape index (κ2) is 6.81. The largest absolute Gasteiger partial charge is 0.368 e. The first-order chi connectivity index (χ1) is 9.60. The average molecular weight is 279 g/mol. The van der Waals surface area contributed by atoms with Gasteiger partial charge in [0.2, 0.25) is 0 Å². The van der Waals surface area contributed by atoms with E-state index >= 15 is 0 Å². The van der Waals surface area contributed by atoms with Gasteiger partial charge in [0.15, 0.2) is 6.29 Å². The Balaban J connectivity index is 1.95. The van der Waals surface area contributed by atoms with Crippen molar-refractivity contribution < 1.29 is 9.18 Å². The van der Waals surface area contributed by atoms with Crippen molar-refractivity contribution in [3.05, 3.63) is 29.6 Å². The Labute approximate surface area is 119 Å². The van der Waals surface area contributed by atoms with Crippen LogP contribution in [-0.4, -0.2) is 69.4 Å². The van der Waals surface area contributed by atoms with Gasteiger partial charge in [-0.1, -0.05) is 0 Å². The Morgan fingerprint density at radius 2 is 1.95 bits per heavy atom. The number of nitrogens with zero attached hydrogens (tertiary/aromatic N) is 3. The fourth-order valence-corrected chi connectivity index (χ4v) is 2.46. The van der Waals surface area contributed by atoms with Crippen molar-refractivity contribution in [2.24, 2.45) is 0 Å². The number of piperazine rings is 1. The molecule has 1 aliphatic heterocycles. The number of aldehydes is 1. The minimum absolute atomic E-state index is 0.361. The van der Waals surface area contributed by atoms with Crippen LogP contribution in [0.25, 0.3) is 0 Å². The van der Waals surface area contributed by atoms with Crippen molar-refractivity contribution >= 4 is 12.0 Å². The van der Waals surface area contributed by atoms with Crippen molar-refractivity contribution in [3.63, 3.8) is 0 Å². The van der Waals surface area contributed by atoms with E-state index in [0.29, 0.717) is 5.56 Å². The molecule has 0 aliphatic carbocycles. The van der Waals surface area contributed by atoms with Gasteiger partial charge >= 0.3 is 0 Å². The number of likely N-dealkylation sites (N-methyl/N-ethyl adjacent to an activating group) is 1. The van der Waals surface area contributed by atoms with Gasteiger partial charge in [-0.3, -0.25) is 9.69 Å². The molecular formula is C15H22FN3O. The van der Waals surface area contributed by atoms with E-state index in [1.165, 1.54) is 12.1 Å². The molecule has 1 aromatic carbocycles. The molecule has 1 heterocycles. The Hall–Kier alpha value is -1.46. The number of halogens is 1. The van der Waals surface area contributed by atoms with Gasteiger partial charge in [0, 0.05) is 50.5 Å². The molecule has 0 N–H and O–H groups in total. The first kappa shape index (κ1) is 14.9. The molecule has 1 aliphatic rings. The topological polar surface area (TPSA) is 26.8 Å². The Morgan fingerprint density at radius 1 is 1.25 bits per heavy atom. The summed E-state index contributed by atoms with van der Waals surface area (Å²) in [6.45, 7) is 5.81. The van der Waals surface area contributed by atoms with Gasteiger partial charge in [0.05, 0.1) is 0 Å². The quantitative estimate of drug-likeness (QED) is 0.760. The van der Waals surface area contributed by atoms with Gasteiger partial charge in [0.1, 0.15) is 5.82 Å². The molecule has 4 nitrogen and oxygen atoms in total. The normalized spacial score (nSPS) is 16.7. The summed E-state index contributed by atoms with van der Waals surface area (Å²) in [5, 5.41) is 0. The molecule has 2 rings (SSSR count). The van der Waals surface area contributed by atoms with Crippen LogP contribution in [0.3, 0.4) is 0 Å². The molecule has 0 radical (unpaired) electrons. The van der Waals surface area contributed by atoms with Gasteiger partial charge in [-0.05, 0) is 32.3 Å². The third kappa shape index (κ3) is 3.77. The molecule has 0 bridgehead atoms. The van der Waals surface area contributed by atoms with Crippen LogP contribution in [0.5, 0.6) is 0 Å². The second-order valence-corrected chi connectivity index (χ2v) is 5.45. The van der Waals surface area contributed by atoms with Gasteiger partial charge in [0.25, 0.3) is 0 Å². The number of hydrogen-bond donors (Lipinski definition) is 0. The summed E-state index contributed by atoms with van der Waals surface area (Å²) < 4.78 is 13.1. The summed E-state index contributed by atoms with van der Waals surface area (Å²) in [4.78, 5) is 17.8. The van der Waals surface area contributed by atoms with Crippen molar-refractivity contribution in [2.45, 2.75) is 0 Å². The van der Waals surface area contributed by atoms with Crippen molar-refractivity contribution in [2.75, 3.05) is 58.3 Å². The van der Waals surface area contributed by atoms with Crippen LogP contribution in [0.1, 0.15) is 10.4 Å². The van der Waals surface area contributed by atoms with Crippen LogP contribution < -0.4 is 4.90 Å². The molecular weight excluding hydrogens is 257 g/mol. The Kier molecular flexibility index (Phi) is 5.09. The van der Waals surface area contributed by atoms with Crippen molar-refractivity contribution in [3.8, 4) is 0 Å². The van der Waals surface area contributed by atoms with Gasteiger partial charge in [-0.2, -0.15) is 0 Å². The SMILES string of the molecule is CN(C)CCN1CCN(c2ccc(F)cc2C=O)CC1. The minimum atomic E-state index is -0.361. The molecule has 0 atom stereocenters. The standard InChI is InChI=1S/C15H22FN3O/c1-17(2)5-6-18-7-9-19(10-8-18)15-4-3-14(16)11-13(15)12-20/h3-4,11-12H,5-10H2,1-2H3. The molecule has 1 saturated heterocycles. The molecule has 0 saturated carbocycles. The van der Waals surface area contributed by atoms with Crippen LogP contribution in [0.2, 0.25) is 0 Å². The number of carbonyl (C=O) groups is 1. The number of carbonyl (C=O) groups excluding carboxylic acids is 1. The monoisotopic (exact) mass is 279 g/mol.